The number of rotatable bonds is 3. The van der Waals surface area contributed by atoms with E-state index in [1.54, 1.807) is 7.11 Å². The fraction of sp³-hybridized carbons (Fsp3) is 0.941. The molecule has 110 valence electrons. The van der Waals surface area contributed by atoms with Gasteiger partial charge in [0.1, 0.15) is 5.60 Å². The zero-order valence-corrected chi connectivity index (χ0v) is 13.1. The van der Waals surface area contributed by atoms with Crippen LogP contribution in [0.15, 0.2) is 0 Å². The number of hydrogen-bond acceptors (Lipinski definition) is 2. The number of methoxy groups -OCH3 is 1. The third-order valence-electron chi connectivity index (χ3n) is 5.76. The van der Waals surface area contributed by atoms with E-state index in [0.29, 0.717) is 17.6 Å². The third kappa shape index (κ3) is 3.04. The van der Waals surface area contributed by atoms with E-state index in [4.69, 9.17) is 4.74 Å². The summed E-state index contributed by atoms with van der Waals surface area (Å²) in [6, 6.07) is 0. The van der Waals surface area contributed by atoms with Crippen molar-refractivity contribution >= 4 is 5.78 Å². The Bertz CT molecular complexity index is 325. The van der Waals surface area contributed by atoms with Gasteiger partial charge in [-0.3, -0.25) is 4.79 Å². The summed E-state index contributed by atoms with van der Waals surface area (Å²) in [5.74, 6) is 2.74. The Kier molecular flexibility index (Phi) is 4.70. The van der Waals surface area contributed by atoms with Crippen molar-refractivity contribution in [2.24, 2.45) is 23.7 Å². The highest BCUT2D eigenvalue weighted by Crippen LogP contribution is 2.42. The molecule has 0 aromatic rings. The minimum absolute atomic E-state index is 0.247. The zero-order valence-electron chi connectivity index (χ0n) is 13.1. The molecule has 2 nitrogen and oxygen atoms in total. The van der Waals surface area contributed by atoms with E-state index in [-0.39, 0.29) is 5.92 Å². The van der Waals surface area contributed by atoms with Crippen LogP contribution >= 0.6 is 0 Å². The van der Waals surface area contributed by atoms with Gasteiger partial charge in [0.05, 0.1) is 0 Å². The van der Waals surface area contributed by atoms with Crippen LogP contribution in [0.25, 0.3) is 0 Å². The molecule has 0 aliphatic heterocycles. The van der Waals surface area contributed by atoms with Crippen LogP contribution in [-0.2, 0) is 9.53 Å². The average molecular weight is 266 g/mol. The van der Waals surface area contributed by atoms with Gasteiger partial charge in [-0.05, 0) is 56.3 Å². The molecule has 0 aromatic heterocycles. The predicted molar refractivity (Wildman–Crippen MR) is 78.0 cm³/mol. The summed E-state index contributed by atoms with van der Waals surface area (Å²) >= 11 is 0. The zero-order chi connectivity index (χ0) is 14.0. The number of ether oxygens (including phenoxy) is 1. The highest BCUT2D eigenvalue weighted by Gasteiger charge is 2.45. The summed E-state index contributed by atoms with van der Waals surface area (Å²) in [4.78, 5) is 13.0. The van der Waals surface area contributed by atoms with Crippen molar-refractivity contribution in [3.63, 3.8) is 0 Å². The van der Waals surface area contributed by atoms with Gasteiger partial charge in [0.15, 0.2) is 5.78 Å². The Morgan fingerprint density at radius 1 is 1.11 bits per heavy atom. The summed E-state index contributed by atoms with van der Waals surface area (Å²) < 4.78 is 5.78. The van der Waals surface area contributed by atoms with Gasteiger partial charge < -0.3 is 4.74 Å². The minimum atomic E-state index is -0.456. The monoisotopic (exact) mass is 266 g/mol. The second-order valence-corrected chi connectivity index (χ2v) is 7.23. The van der Waals surface area contributed by atoms with Crippen LogP contribution < -0.4 is 0 Å². The maximum Gasteiger partial charge on any atom is 0.167 e. The van der Waals surface area contributed by atoms with Crippen molar-refractivity contribution in [1.29, 1.82) is 0 Å². The minimum Gasteiger partial charge on any atom is -0.370 e. The van der Waals surface area contributed by atoms with E-state index in [9.17, 15) is 4.79 Å². The molecule has 2 saturated carbocycles. The van der Waals surface area contributed by atoms with Crippen LogP contribution in [0.3, 0.4) is 0 Å². The van der Waals surface area contributed by atoms with E-state index >= 15 is 0 Å². The Hall–Kier alpha value is -0.370. The molecule has 2 rings (SSSR count). The van der Waals surface area contributed by atoms with Crippen LogP contribution in [0.1, 0.15) is 65.7 Å². The molecule has 0 amide bonds. The Morgan fingerprint density at radius 3 is 2.42 bits per heavy atom. The molecule has 0 heterocycles. The molecule has 5 unspecified atom stereocenters. The van der Waals surface area contributed by atoms with Gasteiger partial charge in [-0.15, -0.1) is 0 Å². The van der Waals surface area contributed by atoms with Crippen molar-refractivity contribution in [1.82, 2.24) is 0 Å². The van der Waals surface area contributed by atoms with Crippen molar-refractivity contribution in [2.45, 2.75) is 71.3 Å². The van der Waals surface area contributed by atoms with Gasteiger partial charge in [0, 0.05) is 13.0 Å². The molecule has 2 heteroatoms. The number of ketones is 1. The van der Waals surface area contributed by atoms with Gasteiger partial charge in [-0.1, -0.05) is 27.2 Å². The second kappa shape index (κ2) is 5.95. The standard InChI is InChI=1S/C17H30O2/c1-12-6-5-9-17(11-12,19-4)16(18)15-8-7-13(2)14(3)10-15/h12-15H,5-11H2,1-4H3. The molecule has 2 aliphatic carbocycles. The fourth-order valence-corrected chi connectivity index (χ4v) is 4.17. The van der Waals surface area contributed by atoms with Crippen molar-refractivity contribution in [3.8, 4) is 0 Å². The fourth-order valence-electron chi connectivity index (χ4n) is 4.17. The lowest BCUT2D eigenvalue weighted by atomic mass is 9.67. The van der Waals surface area contributed by atoms with Crippen LogP contribution in [0.5, 0.6) is 0 Å². The lowest BCUT2D eigenvalue weighted by Gasteiger charge is -2.42. The molecule has 2 aliphatic rings. The lowest BCUT2D eigenvalue weighted by molar-refractivity contribution is -0.153. The molecular weight excluding hydrogens is 236 g/mol. The number of hydrogen-bond donors (Lipinski definition) is 0. The van der Waals surface area contributed by atoms with Crippen molar-refractivity contribution in [3.05, 3.63) is 0 Å². The van der Waals surface area contributed by atoms with E-state index in [1.807, 2.05) is 0 Å². The van der Waals surface area contributed by atoms with Crippen LogP contribution in [-0.4, -0.2) is 18.5 Å². The average Bonchev–Trinajstić information content (AvgIpc) is 2.41. The molecule has 0 saturated heterocycles. The quantitative estimate of drug-likeness (QED) is 0.764. The van der Waals surface area contributed by atoms with E-state index in [1.165, 1.54) is 12.8 Å². The molecule has 2 fully saturated rings. The molecule has 0 radical (unpaired) electrons. The second-order valence-electron chi connectivity index (χ2n) is 7.23. The summed E-state index contributed by atoms with van der Waals surface area (Å²) in [7, 11) is 1.74. The summed E-state index contributed by atoms with van der Waals surface area (Å²) in [6.45, 7) is 6.87. The summed E-state index contributed by atoms with van der Waals surface area (Å²) in [6.07, 6.45) is 7.60. The highest BCUT2D eigenvalue weighted by atomic mass is 16.5. The highest BCUT2D eigenvalue weighted by molar-refractivity contribution is 5.89. The van der Waals surface area contributed by atoms with Gasteiger partial charge in [0.25, 0.3) is 0 Å². The smallest absolute Gasteiger partial charge is 0.167 e. The van der Waals surface area contributed by atoms with Crippen LogP contribution in [0, 0.1) is 23.7 Å². The normalized spacial score (nSPS) is 44.0. The summed E-state index contributed by atoms with van der Waals surface area (Å²) in [5, 5.41) is 0. The van der Waals surface area contributed by atoms with Gasteiger partial charge >= 0.3 is 0 Å². The molecule has 5 atom stereocenters. The van der Waals surface area contributed by atoms with Crippen LogP contribution in [0.2, 0.25) is 0 Å². The lowest BCUT2D eigenvalue weighted by Crippen LogP contribution is -2.48. The molecule has 0 N–H and O–H groups in total. The molecule has 0 spiro atoms. The van der Waals surface area contributed by atoms with Crippen molar-refractivity contribution in [2.75, 3.05) is 7.11 Å². The SMILES string of the molecule is COC1(C(=O)C2CCC(C)C(C)C2)CCCC(C)C1. The first-order chi connectivity index (χ1) is 8.98. The van der Waals surface area contributed by atoms with Crippen molar-refractivity contribution < 1.29 is 9.53 Å². The van der Waals surface area contributed by atoms with E-state index in [2.05, 4.69) is 20.8 Å². The first-order valence-electron chi connectivity index (χ1n) is 8.08. The number of carbonyl (C=O) groups is 1. The summed E-state index contributed by atoms with van der Waals surface area (Å²) in [5.41, 5.74) is -0.456. The number of carbonyl (C=O) groups excluding carboxylic acids is 1. The predicted octanol–water partition coefficient (Wildman–Crippen LogP) is 4.22. The van der Waals surface area contributed by atoms with E-state index < -0.39 is 5.60 Å². The van der Waals surface area contributed by atoms with Gasteiger partial charge in [-0.2, -0.15) is 0 Å². The molecule has 0 aromatic carbocycles. The topological polar surface area (TPSA) is 26.3 Å². The third-order valence-corrected chi connectivity index (χ3v) is 5.76. The Balaban J connectivity index is 2.08. The first kappa shape index (κ1) is 15.0. The molecular formula is C17H30O2. The largest absolute Gasteiger partial charge is 0.370 e. The Labute approximate surface area is 118 Å². The number of Topliss-reactive ketones (excluding diaryl/α,β-unsaturated/α-hetero) is 1. The maximum atomic E-state index is 13.0. The molecule has 19 heavy (non-hydrogen) atoms. The molecule has 0 bridgehead atoms. The maximum absolute atomic E-state index is 13.0. The van der Waals surface area contributed by atoms with E-state index in [0.717, 1.165) is 38.0 Å². The van der Waals surface area contributed by atoms with Gasteiger partial charge in [0.2, 0.25) is 0 Å². The Morgan fingerprint density at radius 2 is 1.84 bits per heavy atom. The first-order valence-corrected chi connectivity index (χ1v) is 8.08. The van der Waals surface area contributed by atoms with Gasteiger partial charge in [-0.25, -0.2) is 0 Å². The van der Waals surface area contributed by atoms with Crippen LogP contribution in [0.4, 0.5) is 0 Å².